The highest BCUT2D eigenvalue weighted by molar-refractivity contribution is 8.02. The van der Waals surface area contributed by atoms with Crippen molar-refractivity contribution >= 4 is 34.0 Å². The Bertz CT molecular complexity index is 556. The van der Waals surface area contributed by atoms with Crippen LogP contribution < -0.4 is 5.73 Å². The molecule has 0 aliphatic carbocycles. The minimum Gasteiger partial charge on any atom is -0.374 e. The quantitative estimate of drug-likeness (QED) is 0.690. The summed E-state index contributed by atoms with van der Waals surface area (Å²) in [5.41, 5.74) is 5.94. The van der Waals surface area contributed by atoms with Crippen LogP contribution in [-0.2, 0) is 0 Å². The van der Waals surface area contributed by atoms with Crippen LogP contribution >= 0.6 is 23.1 Å². The molecule has 94 valence electrons. The van der Waals surface area contributed by atoms with Crippen molar-refractivity contribution in [1.29, 1.82) is 0 Å². The predicted molar refractivity (Wildman–Crippen MR) is 70.4 cm³/mol. The first-order valence-corrected chi connectivity index (χ1v) is 6.81. The van der Waals surface area contributed by atoms with Crippen molar-refractivity contribution in [2.75, 3.05) is 5.73 Å². The molecule has 0 spiro atoms. The number of halogens is 1. The van der Waals surface area contributed by atoms with E-state index < -0.39 is 0 Å². The highest BCUT2D eigenvalue weighted by Gasteiger charge is 2.18. The van der Waals surface area contributed by atoms with Crippen molar-refractivity contribution in [2.24, 2.45) is 0 Å². The van der Waals surface area contributed by atoms with Gasteiger partial charge in [-0.25, -0.2) is 4.39 Å². The second-order valence-corrected chi connectivity index (χ2v) is 6.13. The van der Waals surface area contributed by atoms with Gasteiger partial charge in [0, 0.05) is 5.56 Å². The van der Waals surface area contributed by atoms with Crippen LogP contribution in [0.5, 0.6) is 0 Å². The van der Waals surface area contributed by atoms with Crippen molar-refractivity contribution in [1.82, 2.24) is 10.2 Å². The van der Waals surface area contributed by atoms with Crippen LogP contribution in [0.3, 0.4) is 0 Å². The molecular weight excluding hydrogens is 273 g/mol. The molecule has 0 amide bonds. The number of Topliss-reactive ketones (excluding diaryl/α,β-unsaturated/α-hetero) is 1. The molecule has 4 nitrogen and oxygen atoms in total. The Morgan fingerprint density at radius 3 is 2.61 bits per heavy atom. The van der Waals surface area contributed by atoms with E-state index in [2.05, 4.69) is 10.2 Å². The lowest BCUT2D eigenvalue weighted by molar-refractivity contribution is 0.0994. The number of rotatable bonds is 4. The molecule has 0 fully saturated rings. The van der Waals surface area contributed by atoms with Gasteiger partial charge in [-0.3, -0.25) is 4.79 Å². The van der Waals surface area contributed by atoms with Crippen LogP contribution in [-0.4, -0.2) is 21.2 Å². The molecule has 18 heavy (non-hydrogen) atoms. The zero-order chi connectivity index (χ0) is 13.1. The first kappa shape index (κ1) is 13.0. The van der Waals surface area contributed by atoms with Crippen LogP contribution in [0.4, 0.5) is 9.52 Å². The summed E-state index contributed by atoms with van der Waals surface area (Å²) in [6.07, 6.45) is 0. The van der Waals surface area contributed by atoms with E-state index in [4.69, 9.17) is 5.73 Å². The molecule has 0 saturated heterocycles. The summed E-state index contributed by atoms with van der Waals surface area (Å²) in [5, 5.41) is 7.58. The third kappa shape index (κ3) is 3.05. The summed E-state index contributed by atoms with van der Waals surface area (Å²) < 4.78 is 13.4. The molecule has 1 heterocycles. The van der Waals surface area contributed by atoms with Gasteiger partial charge in [0.15, 0.2) is 10.1 Å². The largest absolute Gasteiger partial charge is 0.374 e. The number of aromatic nitrogens is 2. The number of anilines is 1. The summed E-state index contributed by atoms with van der Waals surface area (Å²) in [7, 11) is 0. The van der Waals surface area contributed by atoms with Gasteiger partial charge in [0.1, 0.15) is 5.82 Å². The Morgan fingerprint density at radius 1 is 1.39 bits per heavy atom. The molecule has 2 aromatic rings. The highest BCUT2D eigenvalue weighted by Crippen LogP contribution is 2.29. The lowest BCUT2D eigenvalue weighted by Crippen LogP contribution is -2.13. The van der Waals surface area contributed by atoms with Gasteiger partial charge in [0.05, 0.1) is 5.25 Å². The number of carbonyl (C=O) groups excluding carboxylic acids is 1. The second kappa shape index (κ2) is 5.45. The summed E-state index contributed by atoms with van der Waals surface area (Å²) in [6, 6.07) is 5.49. The van der Waals surface area contributed by atoms with Gasteiger partial charge in [0.2, 0.25) is 5.13 Å². The Labute approximate surface area is 111 Å². The van der Waals surface area contributed by atoms with E-state index in [1.54, 1.807) is 6.92 Å². The molecule has 7 heteroatoms. The van der Waals surface area contributed by atoms with Gasteiger partial charge in [0.25, 0.3) is 0 Å². The van der Waals surface area contributed by atoms with Crippen molar-refractivity contribution in [2.45, 2.75) is 16.5 Å². The van der Waals surface area contributed by atoms with Crippen molar-refractivity contribution < 1.29 is 9.18 Å². The number of hydrogen-bond acceptors (Lipinski definition) is 6. The maximum absolute atomic E-state index is 12.8. The number of ketones is 1. The fourth-order valence-corrected chi connectivity index (χ4v) is 3.18. The summed E-state index contributed by atoms with van der Waals surface area (Å²) in [5.74, 6) is -0.433. The Hall–Kier alpha value is -1.47. The van der Waals surface area contributed by atoms with Gasteiger partial charge in [-0.05, 0) is 31.2 Å². The molecule has 0 radical (unpaired) electrons. The molecule has 0 aliphatic rings. The molecule has 0 aliphatic heterocycles. The summed E-state index contributed by atoms with van der Waals surface area (Å²) >= 11 is 2.53. The van der Waals surface area contributed by atoms with E-state index in [0.29, 0.717) is 15.0 Å². The van der Waals surface area contributed by atoms with Crippen LogP contribution in [0, 0.1) is 5.82 Å². The highest BCUT2D eigenvalue weighted by atomic mass is 32.2. The predicted octanol–water partition coefficient (Wildman–Crippen LogP) is 2.62. The SMILES string of the molecule is C[C@H](Sc1nnc(N)s1)C(=O)c1ccc(F)cc1. The molecule has 0 saturated carbocycles. The van der Waals surface area contributed by atoms with E-state index >= 15 is 0 Å². The van der Waals surface area contributed by atoms with Crippen LogP contribution in [0.1, 0.15) is 17.3 Å². The minimum atomic E-state index is -0.358. The van der Waals surface area contributed by atoms with Crippen LogP contribution in [0.25, 0.3) is 0 Å². The molecule has 1 aromatic carbocycles. The normalized spacial score (nSPS) is 12.3. The lowest BCUT2D eigenvalue weighted by atomic mass is 10.1. The third-order valence-corrected chi connectivity index (χ3v) is 4.13. The Kier molecular flexibility index (Phi) is 3.93. The van der Waals surface area contributed by atoms with E-state index in [-0.39, 0.29) is 16.9 Å². The van der Waals surface area contributed by atoms with E-state index in [9.17, 15) is 9.18 Å². The number of thioether (sulfide) groups is 1. The third-order valence-electron chi connectivity index (χ3n) is 2.20. The lowest BCUT2D eigenvalue weighted by Gasteiger charge is -2.07. The van der Waals surface area contributed by atoms with Crippen molar-refractivity contribution in [3.8, 4) is 0 Å². The Morgan fingerprint density at radius 2 is 2.06 bits per heavy atom. The van der Waals surface area contributed by atoms with Gasteiger partial charge >= 0.3 is 0 Å². The van der Waals surface area contributed by atoms with Crippen molar-refractivity contribution in [3.05, 3.63) is 35.6 Å². The molecule has 1 atom stereocenters. The van der Waals surface area contributed by atoms with Crippen molar-refractivity contribution in [3.63, 3.8) is 0 Å². The molecule has 2 N–H and O–H groups in total. The van der Waals surface area contributed by atoms with Gasteiger partial charge < -0.3 is 5.73 Å². The minimum absolute atomic E-state index is 0.0752. The van der Waals surface area contributed by atoms with Gasteiger partial charge in [-0.2, -0.15) is 0 Å². The fourth-order valence-electron chi connectivity index (χ4n) is 1.32. The monoisotopic (exact) mass is 283 g/mol. The first-order chi connectivity index (χ1) is 8.56. The van der Waals surface area contributed by atoms with E-state index in [1.807, 2.05) is 0 Å². The summed E-state index contributed by atoms with van der Waals surface area (Å²) in [4.78, 5) is 12.0. The zero-order valence-corrected chi connectivity index (χ0v) is 11.1. The number of carbonyl (C=O) groups is 1. The number of hydrogen-bond donors (Lipinski definition) is 1. The second-order valence-electron chi connectivity index (χ2n) is 3.54. The topological polar surface area (TPSA) is 68.9 Å². The van der Waals surface area contributed by atoms with Crippen LogP contribution in [0.15, 0.2) is 28.6 Å². The number of nitrogen functional groups attached to an aromatic ring is 1. The van der Waals surface area contributed by atoms with Gasteiger partial charge in [-0.15, -0.1) is 10.2 Å². The maximum Gasteiger partial charge on any atom is 0.203 e. The zero-order valence-electron chi connectivity index (χ0n) is 9.46. The number of nitrogens with two attached hydrogens (primary N) is 1. The smallest absolute Gasteiger partial charge is 0.203 e. The first-order valence-electron chi connectivity index (χ1n) is 5.11. The molecular formula is C11H10FN3OS2. The molecule has 0 unspecified atom stereocenters. The van der Waals surface area contributed by atoms with E-state index in [0.717, 1.165) is 0 Å². The number of benzene rings is 1. The fraction of sp³-hybridized carbons (Fsp3) is 0.182. The average molecular weight is 283 g/mol. The molecule has 0 bridgehead atoms. The standard InChI is InChI=1S/C11H10FN3OS2/c1-6(17-11-15-14-10(13)18-11)9(16)7-2-4-8(12)5-3-7/h2-6H,1H3,(H2,13,14)/t6-/m0/s1. The molecule has 1 aromatic heterocycles. The van der Waals surface area contributed by atoms with Gasteiger partial charge in [-0.1, -0.05) is 23.1 Å². The maximum atomic E-state index is 12.8. The molecule has 2 rings (SSSR count). The van der Waals surface area contributed by atoms with Crippen LogP contribution in [0.2, 0.25) is 0 Å². The Balaban J connectivity index is 2.07. The number of nitrogens with zero attached hydrogens (tertiary/aromatic N) is 2. The average Bonchev–Trinajstić information content (AvgIpc) is 2.75. The van der Waals surface area contributed by atoms with E-state index in [1.165, 1.54) is 47.4 Å². The summed E-state index contributed by atoms with van der Waals surface area (Å²) in [6.45, 7) is 1.77.